The molecule has 0 aliphatic rings. The van der Waals surface area contributed by atoms with Gasteiger partial charge in [0, 0.05) is 5.54 Å². The van der Waals surface area contributed by atoms with Crippen LogP contribution in [0, 0.1) is 0 Å². The molecule has 5 N–H and O–H groups in total. The molecule has 0 aliphatic carbocycles. The molecule has 70 valence electrons. The van der Waals surface area contributed by atoms with E-state index in [-0.39, 0.29) is 6.61 Å². The van der Waals surface area contributed by atoms with Crippen LogP contribution in [0.3, 0.4) is 0 Å². The number of aliphatic hydroxyl groups is 1. The normalized spacial score (nSPS) is 11.8. The smallest absolute Gasteiger partial charge is 0.394 e. The summed E-state index contributed by atoms with van der Waals surface area (Å²) in [4.78, 5) is 0. The Balaban J connectivity index is 0. The number of aliphatic hydroxyl groups excluding tert-OH is 1. The van der Waals surface area contributed by atoms with E-state index in [0.29, 0.717) is 0 Å². The van der Waals surface area contributed by atoms with E-state index in [9.17, 15) is 0 Å². The summed E-state index contributed by atoms with van der Waals surface area (Å²) in [6.45, 7) is 3.59. The molecule has 0 fully saturated rings. The molecule has 11 heavy (non-hydrogen) atoms. The predicted octanol–water partition coefficient (Wildman–Crippen LogP) is -0.937. The molecular formula is C4H13NO5S. The fraction of sp³-hybridized carbons (Fsp3) is 1.00. The van der Waals surface area contributed by atoms with Gasteiger partial charge >= 0.3 is 10.4 Å². The molecule has 0 radical (unpaired) electrons. The van der Waals surface area contributed by atoms with Gasteiger partial charge in [0.1, 0.15) is 0 Å². The second-order valence-corrected chi connectivity index (χ2v) is 3.49. The van der Waals surface area contributed by atoms with Crippen LogP contribution in [0.15, 0.2) is 0 Å². The highest BCUT2D eigenvalue weighted by atomic mass is 32.3. The number of hydrogen-bond acceptors (Lipinski definition) is 4. The highest BCUT2D eigenvalue weighted by Crippen LogP contribution is 1.89. The van der Waals surface area contributed by atoms with Gasteiger partial charge in [0.25, 0.3) is 0 Å². The minimum absolute atomic E-state index is 0.0486. The molecule has 0 aromatic carbocycles. The lowest BCUT2D eigenvalue weighted by molar-refractivity contribution is 0.221. The van der Waals surface area contributed by atoms with E-state index in [1.807, 2.05) is 0 Å². The molecule has 0 aromatic heterocycles. The predicted molar refractivity (Wildman–Crippen MR) is 39.5 cm³/mol. The molecular weight excluding hydrogens is 174 g/mol. The Kier molecular flexibility index (Phi) is 5.63. The van der Waals surface area contributed by atoms with Crippen molar-refractivity contribution in [3.8, 4) is 0 Å². The van der Waals surface area contributed by atoms with Gasteiger partial charge in [-0.15, -0.1) is 0 Å². The van der Waals surface area contributed by atoms with Gasteiger partial charge in [-0.05, 0) is 13.8 Å². The van der Waals surface area contributed by atoms with Gasteiger partial charge in [0.2, 0.25) is 0 Å². The highest BCUT2D eigenvalue weighted by Gasteiger charge is 2.05. The van der Waals surface area contributed by atoms with Gasteiger partial charge in [-0.3, -0.25) is 9.11 Å². The van der Waals surface area contributed by atoms with Crippen LogP contribution >= 0.6 is 0 Å². The Morgan fingerprint density at radius 2 is 1.45 bits per heavy atom. The maximum atomic E-state index is 8.74. The van der Waals surface area contributed by atoms with E-state index in [2.05, 4.69) is 0 Å². The summed E-state index contributed by atoms with van der Waals surface area (Å²) in [5, 5.41) is 8.28. The Morgan fingerprint density at radius 3 is 1.45 bits per heavy atom. The van der Waals surface area contributed by atoms with Crippen molar-refractivity contribution >= 4 is 10.4 Å². The molecule has 0 aliphatic heterocycles. The van der Waals surface area contributed by atoms with E-state index in [0.717, 1.165) is 0 Å². The van der Waals surface area contributed by atoms with Crippen molar-refractivity contribution in [2.45, 2.75) is 19.4 Å². The minimum atomic E-state index is -4.67. The van der Waals surface area contributed by atoms with Gasteiger partial charge in [-0.2, -0.15) is 8.42 Å². The lowest BCUT2D eigenvalue weighted by atomic mass is 10.1. The van der Waals surface area contributed by atoms with Crippen molar-refractivity contribution < 1.29 is 22.6 Å². The quantitative estimate of drug-likeness (QED) is 0.393. The van der Waals surface area contributed by atoms with Crippen LogP contribution in [-0.2, 0) is 10.4 Å². The van der Waals surface area contributed by atoms with Gasteiger partial charge < -0.3 is 10.8 Å². The van der Waals surface area contributed by atoms with Crippen molar-refractivity contribution in [1.29, 1.82) is 0 Å². The zero-order chi connectivity index (χ0) is 9.71. The first-order valence-corrected chi connectivity index (χ1v) is 4.05. The average Bonchev–Trinajstić information content (AvgIpc) is 1.59. The zero-order valence-electron chi connectivity index (χ0n) is 6.35. The molecule has 7 heteroatoms. The first-order chi connectivity index (χ1) is 4.56. The third-order valence-electron chi connectivity index (χ3n) is 0.408. The van der Waals surface area contributed by atoms with Crippen LogP contribution in [0.5, 0.6) is 0 Å². The van der Waals surface area contributed by atoms with E-state index < -0.39 is 15.9 Å². The van der Waals surface area contributed by atoms with Crippen LogP contribution in [0.25, 0.3) is 0 Å². The van der Waals surface area contributed by atoms with E-state index >= 15 is 0 Å². The Hall–Kier alpha value is -0.210. The fourth-order valence-corrected chi connectivity index (χ4v) is 0. The van der Waals surface area contributed by atoms with Crippen molar-refractivity contribution in [2.24, 2.45) is 5.73 Å². The SMILES string of the molecule is CC(C)(N)CO.O=S(=O)(O)O. The van der Waals surface area contributed by atoms with Crippen molar-refractivity contribution in [3.63, 3.8) is 0 Å². The molecule has 0 saturated carbocycles. The lowest BCUT2D eigenvalue weighted by Gasteiger charge is -2.12. The van der Waals surface area contributed by atoms with Crippen LogP contribution < -0.4 is 5.73 Å². The van der Waals surface area contributed by atoms with Gasteiger partial charge in [0.15, 0.2) is 0 Å². The molecule has 0 heterocycles. The average molecular weight is 187 g/mol. The monoisotopic (exact) mass is 187 g/mol. The first-order valence-electron chi connectivity index (χ1n) is 2.66. The molecule has 0 amide bonds. The zero-order valence-corrected chi connectivity index (χ0v) is 7.17. The first kappa shape index (κ1) is 13.4. The Morgan fingerprint density at radius 1 is 1.36 bits per heavy atom. The van der Waals surface area contributed by atoms with Crippen LogP contribution in [0.1, 0.15) is 13.8 Å². The topological polar surface area (TPSA) is 121 Å². The summed E-state index contributed by atoms with van der Waals surface area (Å²) in [5.41, 5.74) is 4.88. The van der Waals surface area contributed by atoms with Gasteiger partial charge in [0.05, 0.1) is 6.61 Å². The molecule has 0 atom stereocenters. The van der Waals surface area contributed by atoms with Gasteiger partial charge in [-0.25, -0.2) is 0 Å². The maximum absolute atomic E-state index is 8.74. The Bertz CT molecular complexity index is 171. The molecule has 0 saturated heterocycles. The third kappa shape index (κ3) is 76.3. The highest BCUT2D eigenvalue weighted by molar-refractivity contribution is 7.79. The molecule has 0 bridgehead atoms. The summed E-state index contributed by atoms with van der Waals surface area (Å²) in [7, 11) is -4.67. The lowest BCUT2D eigenvalue weighted by Crippen LogP contribution is -2.35. The molecule has 0 unspecified atom stereocenters. The van der Waals surface area contributed by atoms with Crippen molar-refractivity contribution in [2.75, 3.05) is 6.61 Å². The molecule has 0 rings (SSSR count). The summed E-state index contributed by atoms with van der Waals surface area (Å²) in [6.07, 6.45) is 0. The van der Waals surface area contributed by atoms with E-state index in [1.54, 1.807) is 13.8 Å². The summed E-state index contributed by atoms with van der Waals surface area (Å²) >= 11 is 0. The van der Waals surface area contributed by atoms with E-state index in [1.165, 1.54) is 0 Å². The van der Waals surface area contributed by atoms with Gasteiger partial charge in [-0.1, -0.05) is 0 Å². The fourth-order valence-electron chi connectivity index (χ4n) is 0. The van der Waals surface area contributed by atoms with Crippen LogP contribution in [-0.4, -0.2) is 34.8 Å². The summed E-state index contributed by atoms with van der Waals surface area (Å²) in [5.74, 6) is 0. The van der Waals surface area contributed by atoms with Crippen LogP contribution in [0.2, 0.25) is 0 Å². The molecule has 0 aromatic rings. The number of rotatable bonds is 1. The maximum Gasteiger partial charge on any atom is 0.394 e. The second kappa shape index (κ2) is 4.62. The van der Waals surface area contributed by atoms with Crippen LogP contribution in [0.4, 0.5) is 0 Å². The summed E-state index contributed by atoms with van der Waals surface area (Å²) in [6, 6.07) is 0. The number of hydrogen-bond donors (Lipinski definition) is 4. The third-order valence-corrected chi connectivity index (χ3v) is 0.408. The largest absolute Gasteiger partial charge is 0.394 e. The van der Waals surface area contributed by atoms with Crippen molar-refractivity contribution in [3.05, 3.63) is 0 Å². The molecule has 6 nitrogen and oxygen atoms in total. The second-order valence-electron chi connectivity index (χ2n) is 2.59. The van der Waals surface area contributed by atoms with E-state index in [4.69, 9.17) is 28.4 Å². The van der Waals surface area contributed by atoms with Crippen molar-refractivity contribution in [1.82, 2.24) is 0 Å². The Labute approximate surface area is 65.6 Å². The molecule has 0 spiro atoms. The minimum Gasteiger partial charge on any atom is -0.394 e. The number of nitrogens with two attached hydrogens (primary N) is 1. The standard InChI is InChI=1S/C4H11NO.H2O4S/c1-4(2,5)3-6;1-5(2,3)4/h6H,3,5H2,1-2H3;(H2,1,2,3,4). The summed E-state index contributed by atoms with van der Waals surface area (Å²) < 4.78 is 31.6.